The van der Waals surface area contributed by atoms with Crippen molar-refractivity contribution in [1.82, 2.24) is 19.8 Å². The van der Waals surface area contributed by atoms with Gasteiger partial charge in [0.05, 0.1) is 28.3 Å². The summed E-state index contributed by atoms with van der Waals surface area (Å²) in [6.07, 6.45) is 1.58. The van der Waals surface area contributed by atoms with Gasteiger partial charge in [-0.05, 0) is 32.9 Å². The third-order valence-electron chi connectivity index (χ3n) is 4.17. The smallest absolute Gasteiger partial charge is 0.433 e. The number of benzene rings is 1. The van der Waals surface area contributed by atoms with Crippen LogP contribution < -0.4 is 15.6 Å². The number of nitrogens with two attached hydrogens (primary N) is 1. The number of carbonyl (C=O) groups excluding carboxylic acids is 1. The van der Waals surface area contributed by atoms with Gasteiger partial charge >= 0.3 is 6.03 Å². The third-order valence-corrected chi connectivity index (χ3v) is 5.17. The van der Waals surface area contributed by atoms with Crippen LogP contribution in [-0.2, 0) is 12.1 Å². The first-order valence-electron chi connectivity index (χ1n) is 9.06. The fourth-order valence-corrected chi connectivity index (χ4v) is 3.46. The average molecular weight is 449 g/mol. The molecule has 2 amide bonds. The summed E-state index contributed by atoms with van der Waals surface area (Å²) in [6.45, 7) is 6.21. The number of halogens is 1. The van der Waals surface area contributed by atoms with Crippen LogP contribution in [0.1, 0.15) is 26.5 Å². The van der Waals surface area contributed by atoms with Crippen molar-refractivity contribution < 1.29 is 15.1 Å². The minimum Gasteiger partial charge on any atom is -0.463 e. The fourth-order valence-electron chi connectivity index (χ4n) is 2.65. The van der Waals surface area contributed by atoms with Crippen LogP contribution in [0.2, 0.25) is 5.02 Å². The first-order valence-corrected chi connectivity index (χ1v) is 10.3. The summed E-state index contributed by atoms with van der Waals surface area (Å²) in [5.41, 5.74) is 7.81. The number of hydrogen-bond donors (Lipinski definition) is 2. The van der Waals surface area contributed by atoms with Gasteiger partial charge in [-0.2, -0.15) is 10.6 Å². The van der Waals surface area contributed by atoms with E-state index >= 15 is 0 Å². The molecule has 0 atom stereocenters. The number of hydrogen-bond acceptors (Lipinski definition) is 6. The number of rotatable bonds is 6. The summed E-state index contributed by atoms with van der Waals surface area (Å²) in [5.74, 6) is 0. The number of amides is 2. The Kier molecular flexibility index (Phi) is 6.37. The zero-order chi connectivity index (χ0) is 21.9. The molecular formula is C19H23ClN7O2S+. The van der Waals surface area contributed by atoms with E-state index in [0.717, 1.165) is 16.3 Å². The van der Waals surface area contributed by atoms with Crippen molar-refractivity contribution in [1.29, 1.82) is 0 Å². The van der Waals surface area contributed by atoms with Crippen molar-refractivity contribution in [3.05, 3.63) is 46.6 Å². The lowest BCUT2D eigenvalue weighted by atomic mass is 10.1. The number of urea groups is 1. The van der Waals surface area contributed by atoms with E-state index < -0.39 is 6.03 Å². The van der Waals surface area contributed by atoms with Crippen LogP contribution in [-0.4, -0.2) is 32.9 Å². The van der Waals surface area contributed by atoms with Gasteiger partial charge in [0.2, 0.25) is 0 Å². The van der Waals surface area contributed by atoms with Gasteiger partial charge in [-0.3, -0.25) is 10.00 Å². The van der Waals surface area contributed by atoms with Gasteiger partial charge < -0.3 is 4.74 Å². The lowest BCUT2D eigenvalue weighted by Gasteiger charge is -2.22. The highest BCUT2D eigenvalue weighted by Crippen LogP contribution is 2.29. The largest absolute Gasteiger partial charge is 0.463 e. The Labute approximate surface area is 183 Å². The first kappa shape index (κ1) is 21.7. The molecule has 0 bridgehead atoms. The maximum absolute atomic E-state index is 12.2. The molecule has 0 aliphatic carbocycles. The Morgan fingerprint density at radius 1 is 1.37 bits per heavy atom. The monoisotopic (exact) mass is 448 g/mol. The van der Waals surface area contributed by atoms with E-state index in [1.807, 2.05) is 50.4 Å². The standard InChI is InChI=1S/C19H22ClN7O2S/c1-19(2,3)27-16(14(9-22-27)23-17(28)26(4)25-21)10-29-18-24-15(11-30-18)12-5-7-13(20)8-6-12/h5-9,11,21H,10H2,1-4H3,(H,23,28)/p+1. The quantitative estimate of drug-likeness (QED) is 0.443. The second-order valence-corrected chi connectivity index (χ2v) is 8.71. The molecule has 158 valence electrons. The zero-order valence-corrected chi connectivity index (χ0v) is 18.7. The summed E-state index contributed by atoms with van der Waals surface area (Å²) >= 11 is 7.33. The Hall–Kier alpha value is -2.98. The molecule has 11 heteroatoms. The average Bonchev–Trinajstić information content (AvgIpc) is 3.33. The molecule has 3 rings (SSSR count). The molecule has 0 spiro atoms. The van der Waals surface area contributed by atoms with Crippen molar-refractivity contribution in [2.24, 2.45) is 5.22 Å². The lowest BCUT2D eigenvalue weighted by Crippen LogP contribution is -2.37. The van der Waals surface area contributed by atoms with Crippen LogP contribution in [0.15, 0.2) is 41.1 Å². The van der Waals surface area contributed by atoms with Gasteiger partial charge in [-0.25, -0.2) is 9.78 Å². The second-order valence-electron chi connectivity index (χ2n) is 7.45. The molecule has 1 aromatic carbocycles. The predicted octanol–water partition coefficient (Wildman–Crippen LogP) is 3.58. The van der Waals surface area contributed by atoms with E-state index in [0.29, 0.717) is 21.6 Å². The summed E-state index contributed by atoms with van der Waals surface area (Å²) in [4.78, 5) is 16.7. The van der Waals surface area contributed by atoms with Crippen LogP contribution >= 0.6 is 22.9 Å². The van der Waals surface area contributed by atoms with Gasteiger partial charge in [0.1, 0.15) is 19.3 Å². The molecule has 30 heavy (non-hydrogen) atoms. The fraction of sp³-hybridized carbons (Fsp3) is 0.316. The SMILES string of the molecule is CN(N=[NH2+])C(=O)Nc1cnn(C(C)(C)C)c1COc1nc(-c2ccc(Cl)cc2)cs1. The zero-order valence-electron chi connectivity index (χ0n) is 17.1. The molecule has 0 aliphatic heterocycles. The van der Waals surface area contributed by atoms with Crippen LogP contribution in [0.5, 0.6) is 5.19 Å². The molecular weight excluding hydrogens is 426 g/mol. The van der Waals surface area contributed by atoms with E-state index in [2.05, 4.69) is 20.6 Å². The highest BCUT2D eigenvalue weighted by atomic mass is 35.5. The van der Waals surface area contributed by atoms with Crippen molar-refractivity contribution in [2.45, 2.75) is 32.9 Å². The number of aromatic nitrogens is 3. The van der Waals surface area contributed by atoms with Crippen LogP contribution in [0.3, 0.4) is 0 Å². The molecule has 0 saturated heterocycles. The Bertz CT molecular complexity index is 1040. The number of carbonyl (C=O) groups is 1. The first-order chi connectivity index (χ1) is 14.2. The summed E-state index contributed by atoms with van der Waals surface area (Å²) in [6, 6.07) is 6.97. The topological polar surface area (TPSA) is 110 Å². The third kappa shape index (κ3) is 4.95. The maximum atomic E-state index is 12.2. The van der Waals surface area contributed by atoms with Gasteiger partial charge in [0.15, 0.2) is 0 Å². The van der Waals surface area contributed by atoms with E-state index in [1.54, 1.807) is 10.9 Å². The highest BCUT2D eigenvalue weighted by molar-refractivity contribution is 7.11. The van der Waals surface area contributed by atoms with Crippen LogP contribution in [0, 0.1) is 0 Å². The molecule has 0 fully saturated rings. The molecule has 9 nitrogen and oxygen atoms in total. The van der Waals surface area contributed by atoms with Gasteiger partial charge in [-0.1, -0.05) is 40.1 Å². The molecule has 0 unspecified atom stereocenters. The second kappa shape index (κ2) is 8.80. The Morgan fingerprint density at radius 3 is 2.70 bits per heavy atom. The minimum absolute atomic E-state index is 0.171. The van der Waals surface area contributed by atoms with Crippen molar-refractivity contribution in [3.63, 3.8) is 0 Å². The minimum atomic E-state index is -0.480. The van der Waals surface area contributed by atoms with E-state index in [-0.39, 0.29) is 12.1 Å². The predicted molar refractivity (Wildman–Crippen MR) is 115 cm³/mol. The van der Waals surface area contributed by atoms with Gasteiger partial charge in [-0.15, -0.1) is 0 Å². The number of anilines is 1. The molecule has 3 aromatic rings. The molecule has 3 N–H and O–H groups in total. The molecule has 0 saturated carbocycles. The van der Waals surface area contributed by atoms with E-state index in [1.165, 1.54) is 18.4 Å². The number of ether oxygens (including phenoxy) is 1. The molecule has 2 heterocycles. The highest BCUT2D eigenvalue weighted by Gasteiger charge is 2.25. The van der Waals surface area contributed by atoms with Crippen molar-refractivity contribution >= 4 is 34.7 Å². The van der Waals surface area contributed by atoms with Crippen LogP contribution in [0.4, 0.5) is 10.5 Å². The lowest BCUT2D eigenvalue weighted by molar-refractivity contribution is -0.248. The number of nitrogens with zero attached hydrogens (tertiary/aromatic N) is 5. The summed E-state index contributed by atoms with van der Waals surface area (Å²) in [5, 5.41) is 14.6. The Morgan fingerprint density at radius 2 is 2.07 bits per heavy atom. The van der Waals surface area contributed by atoms with Crippen molar-refractivity contribution in [2.75, 3.05) is 12.4 Å². The number of thiazole rings is 1. The van der Waals surface area contributed by atoms with Gasteiger partial charge in [0.25, 0.3) is 5.19 Å². The Balaban J connectivity index is 1.80. The van der Waals surface area contributed by atoms with Crippen molar-refractivity contribution in [3.8, 4) is 16.5 Å². The number of nitrogens with one attached hydrogen (secondary N) is 1. The maximum Gasteiger partial charge on any atom is 0.433 e. The van der Waals surface area contributed by atoms with E-state index in [9.17, 15) is 4.79 Å². The normalized spacial score (nSPS) is 11.2. The van der Waals surface area contributed by atoms with Crippen LogP contribution in [0.25, 0.3) is 11.3 Å². The molecule has 0 radical (unpaired) electrons. The summed E-state index contributed by atoms with van der Waals surface area (Å²) < 4.78 is 7.73. The summed E-state index contributed by atoms with van der Waals surface area (Å²) in [7, 11) is 1.45. The van der Waals surface area contributed by atoms with Gasteiger partial charge in [0, 0.05) is 16.0 Å². The molecule has 2 aromatic heterocycles. The molecule has 0 aliphatic rings. The van der Waals surface area contributed by atoms with E-state index in [4.69, 9.17) is 21.9 Å².